The Labute approximate surface area is 253 Å². The van der Waals surface area contributed by atoms with Crippen molar-refractivity contribution in [3.63, 3.8) is 0 Å². The average Bonchev–Trinajstić information content (AvgIpc) is 3.19. The molecule has 44 heavy (non-hydrogen) atoms. The van der Waals surface area contributed by atoms with Gasteiger partial charge in [0, 0.05) is 30.4 Å². The van der Waals surface area contributed by atoms with Crippen molar-refractivity contribution in [2.24, 2.45) is 5.41 Å². The zero-order valence-corrected chi connectivity index (χ0v) is 25.2. The van der Waals surface area contributed by atoms with Crippen LogP contribution < -0.4 is 9.64 Å². The van der Waals surface area contributed by atoms with E-state index < -0.39 is 41.4 Å². The normalized spacial score (nSPS) is 18.7. The van der Waals surface area contributed by atoms with Crippen LogP contribution in [0.25, 0.3) is 11.1 Å². The van der Waals surface area contributed by atoms with Crippen molar-refractivity contribution in [2.45, 2.75) is 65.4 Å². The molecule has 1 aromatic heterocycles. The number of hydrogen-bond acceptors (Lipinski definition) is 7. The third-order valence-corrected chi connectivity index (χ3v) is 8.24. The second-order valence-corrected chi connectivity index (χ2v) is 12.1. The van der Waals surface area contributed by atoms with E-state index in [1.54, 1.807) is 46.0 Å². The topological polar surface area (TPSA) is 105 Å². The zero-order valence-electron chi connectivity index (χ0n) is 25.2. The minimum Gasteiger partial charge on any atom is -0.496 e. The number of aliphatic carboxylic acids is 1. The highest BCUT2D eigenvalue weighted by Gasteiger charge is 2.42. The molecular formula is C32H35F3N4O5. The molecule has 2 atom stereocenters. The summed E-state index contributed by atoms with van der Waals surface area (Å²) in [5.74, 6) is 0.0880. The Hall–Kier alpha value is -4.35. The fourth-order valence-corrected chi connectivity index (χ4v) is 5.54. The van der Waals surface area contributed by atoms with E-state index in [1.165, 1.54) is 12.0 Å². The molecule has 2 aromatic carbocycles. The molecule has 3 heterocycles. The third kappa shape index (κ3) is 6.15. The number of nitrogens with zero attached hydrogens (tertiary/aromatic N) is 4. The molecule has 1 amide bonds. The van der Waals surface area contributed by atoms with Gasteiger partial charge in [-0.3, -0.25) is 9.69 Å². The lowest BCUT2D eigenvalue weighted by Gasteiger charge is -2.31. The maximum Gasteiger partial charge on any atom is 0.416 e. The molecule has 3 aromatic rings. The van der Waals surface area contributed by atoms with Gasteiger partial charge in [-0.15, -0.1) is 0 Å². The first-order valence-corrected chi connectivity index (χ1v) is 14.4. The number of carboxylic acids is 1. The van der Waals surface area contributed by atoms with Gasteiger partial charge < -0.3 is 19.5 Å². The first kappa shape index (κ1) is 31.1. The summed E-state index contributed by atoms with van der Waals surface area (Å²) >= 11 is 0. The van der Waals surface area contributed by atoms with Crippen LogP contribution in [0.3, 0.4) is 0 Å². The molecule has 2 fully saturated rings. The number of ether oxygens (including phenoxy) is 2. The molecule has 0 radical (unpaired) electrons. The number of hydrogen-bond donors (Lipinski definition) is 1. The highest BCUT2D eigenvalue weighted by atomic mass is 19.4. The van der Waals surface area contributed by atoms with Gasteiger partial charge in [-0.25, -0.2) is 14.8 Å². The molecular weight excluding hydrogens is 577 g/mol. The number of carbonyl (C=O) groups excluding carboxylic acids is 1. The number of cyclic esters (lactones) is 1. The van der Waals surface area contributed by atoms with E-state index in [0.717, 1.165) is 37.2 Å². The van der Waals surface area contributed by atoms with E-state index >= 15 is 0 Å². The lowest BCUT2D eigenvalue weighted by atomic mass is 9.85. The number of anilines is 1. The molecule has 0 bridgehead atoms. The summed E-state index contributed by atoms with van der Waals surface area (Å²) in [6.07, 6.45) is -3.20. The van der Waals surface area contributed by atoms with Crippen LogP contribution in [0.5, 0.6) is 5.75 Å². The van der Waals surface area contributed by atoms with Gasteiger partial charge in [0.2, 0.25) is 5.95 Å². The van der Waals surface area contributed by atoms with E-state index in [4.69, 9.17) is 14.5 Å². The van der Waals surface area contributed by atoms with E-state index in [0.29, 0.717) is 34.1 Å². The summed E-state index contributed by atoms with van der Waals surface area (Å²) in [6, 6.07) is 8.49. The van der Waals surface area contributed by atoms with Crippen molar-refractivity contribution in [2.75, 3.05) is 25.1 Å². The Kier molecular flexibility index (Phi) is 8.21. The first-order valence-electron chi connectivity index (χ1n) is 14.4. The average molecular weight is 613 g/mol. The van der Waals surface area contributed by atoms with Crippen LogP contribution in [0.15, 0.2) is 42.6 Å². The van der Waals surface area contributed by atoms with Gasteiger partial charge in [0.15, 0.2) is 0 Å². The highest BCUT2D eigenvalue weighted by molar-refractivity contribution is 5.76. The second kappa shape index (κ2) is 11.6. The summed E-state index contributed by atoms with van der Waals surface area (Å²) in [7, 11) is 1.52. The number of carboxylic acid groups (broad SMARTS) is 1. The Bertz CT molecular complexity index is 1590. The highest BCUT2D eigenvalue weighted by Crippen LogP contribution is 2.40. The summed E-state index contributed by atoms with van der Waals surface area (Å²) in [4.78, 5) is 37.9. The van der Waals surface area contributed by atoms with Crippen molar-refractivity contribution in [3.8, 4) is 16.9 Å². The van der Waals surface area contributed by atoms with Crippen molar-refractivity contribution >= 4 is 18.0 Å². The van der Waals surface area contributed by atoms with Crippen LogP contribution in [0.4, 0.5) is 23.9 Å². The van der Waals surface area contributed by atoms with Gasteiger partial charge in [-0.1, -0.05) is 17.7 Å². The fourth-order valence-electron chi connectivity index (χ4n) is 5.54. The Balaban J connectivity index is 1.53. The minimum atomic E-state index is -4.54. The monoisotopic (exact) mass is 612 g/mol. The zero-order chi connectivity index (χ0) is 32.0. The van der Waals surface area contributed by atoms with Crippen LogP contribution in [0.1, 0.15) is 61.2 Å². The number of halogens is 3. The predicted octanol–water partition coefficient (Wildman–Crippen LogP) is 6.42. The number of methoxy groups -OCH3 is 1. The Morgan fingerprint density at radius 2 is 1.86 bits per heavy atom. The molecule has 2 aliphatic rings. The van der Waals surface area contributed by atoms with E-state index in [1.807, 2.05) is 17.0 Å². The standard InChI is InChI=1S/C32H35F3N4O5/c1-18-11-21(14-22(12-18)32(33,34)35)27-19(2)39(30(42)44-27)17-25-24(16-36-29(37-25)38-9-6-10-38)23-13-20(7-8-26(23)43-5)15-31(3,4)28(40)41/h7-8,11-14,16,19,27H,6,9-10,15,17H2,1-5H3,(H,40,41)/t19-,27-/m0/s1. The molecule has 0 saturated carbocycles. The Morgan fingerprint density at radius 3 is 2.48 bits per heavy atom. The molecule has 0 unspecified atom stereocenters. The number of rotatable bonds is 9. The number of aromatic nitrogens is 2. The van der Waals surface area contributed by atoms with E-state index in [-0.39, 0.29) is 18.5 Å². The van der Waals surface area contributed by atoms with E-state index in [9.17, 15) is 27.9 Å². The molecule has 0 spiro atoms. The smallest absolute Gasteiger partial charge is 0.416 e. The summed E-state index contributed by atoms with van der Waals surface area (Å²) in [6.45, 7) is 8.19. The lowest BCUT2D eigenvalue weighted by Crippen LogP contribution is -2.39. The molecule has 9 nitrogen and oxygen atoms in total. The molecule has 0 aliphatic carbocycles. The number of alkyl halides is 3. The second-order valence-electron chi connectivity index (χ2n) is 12.1. The van der Waals surface area contributed by atoms with Crippen LogP contribution in [-0.4, -0.2) is 58.3 Å². The maximum absolute atomic E-state index is 13.6. The van der Waals surface area contributed by atoms with Gasteiger partial charge >= 0.3 is 18.2 Å². The first-order chi connectivity index (χ1) is 20.7. The molecule has 234 valence electrons. The van der Waals surface area contributed by atoms with Crippen LogP contribution in [-0.2, 0) is 28.7 Å². The van der Waals surface area contributed by atoms with Crippen molar-refractivity contribution in [3.05, 3.63) is 70.5 Å². The van der Waals surface area contributed by atoms with Gasteiger partial charge in [0.05, 0.1) is 36.4 Å². The summed E-state index contributed by atoms with van der Waals surface area (Å²) < 4.78 is 52.0. The maximum atomic E-state index is 13.6. The van der Waals surface area contributed by atoms with E-state index in [2.05, 4.69) is 4.98 Å². The van der Waals surface area contributed by atoms with Crippen LogP contribution in [0, 0.1) is 12.3 Å². The minimum absolute atomic E-state index is 0.00113. The SMILES string of the molecule is COc1ccc(CC(C)(C)C(=O)O)cc1-c1cnc(N2CCC2)nc1CN1C(=O)O[C@H](c2cc(C)cc(C(F)(F)F)c2)[C@@H]1C. The largest absolute Gasteiger partial charge is 0.496 e. The molecule has 12 heteroatoms. The van der Waals surface area contributed by atoms with Crippen molar-refractivity contribution in [1.82, 2.24) is 14.9 Å². The number of carbonyl (C=O) groups is 2. The van der Waals surface area contributed by atoms with Gasteiger partial charge in [-0.2, -0.15) is 13.2 Å². The molecule has 2 aliphatic heterocycles. The van der Waals surface area contributed by atoms with Gasteiger partial charge in [-0.05, 0) is 75.9 Å². The number of aryl methyl sites for hydroxylation is 1. The summed E-state index contributed by atoms with van der Waals surface area (Å²) in [5, 5.41) is 9.67. The van der Waals surface area contributed by atoms with Crippen LogP contribution in [0.2, 0.25) is 0 Å². The predicted molar refractivity (Wildman–Crippen MR) is 156 cm³/mol. The van der Waals surface area contributed by atoms with Gasteiger partial charge in [0.25, 0.3) is 0 Å². The fraction of sp³-hybridized carbons (Fsp3) is 0.438. The number of benzene rings is 2. The lowest BCUT2D eigenvalue weighted by molar-refractivity contribution is -0.146. The molecule has 2 saturated heterocycles. The number of amides is 1. The Morgan fingerprint density at radius 1 is 1.14 bits per heavy atom. The molecule has 5 rings (SSSR count). The summed E-state index contributed by atoms with van der Waals surface area (Å²) in [5.41, 5.74) is 1.33. The van der Waals surface area contributed by atoms with Crippen molar-refractivity contribution in [1.29, 1.82) is 0 Å². The van der Waals surface area contributed by atoms with Gasteiger partial charge in [0.1, 0.15) is 11.9 Å². The third-order valence-electron chi connectivity index (χ3n) is 8.24. The quantitative estimate of drug-likeness (QED) is 0.295. The van der Waals surface area contributed by atoms with Crippen LogP contribution >= 0.6 is 0 Å². The van der Waals surface area contributed by atoms with Crippen molar-refractivity contribution < 1.29 is 37.3 Å². The molecule has 1 N–H and O–H groups in total.